The van der Waals surface area contributed by atoms with Crippen LogP contribution in [0.15, 0.2) is 23.1 Å². The number of rotatable bonds is 9. The van der Waals surface area contributed by atoms with Crippen LogP contribution in [0.1, 0.15) is 51.0 Å². The number of carbonyl (C=O) groups excluding carboxylic acids is 2. The highest BCUT2D eigenvalue weighted by atomic mass is 32.2. The van der Waals surface area contributed by atoms with E-state index in [0.29, 0.717) is 28.6 Å². The molecule has 2 amide bonds. The third-order valence-corrected chi connectivity index (χ3v) is 6.43. The Kier molecular flexibility index (Phi) is 8.52. The van der Waals surface area contributed by atoms with Gasteiger partial charge in [0.15, 0.2) is 15.8 Å². The summed E-state index contributed by atoms with van der Waals surface area (Å²) in [6.45, 7) is 2.25. The van der Waals surface area contributed by atoms with Crippen molar-refractivity contribution in [3.63, 3.8) is 0 Å². The van der Waals surface area contributed by atoms with Crippen molar-refractivity contribution in [3.8, 4) is 11.5 Å². The number of carboxylic acids is 1. The Morgan fingerprint density at radius 1 is 1.25 bits per heavy atom. The molecule has 8 nitrogen and oxygen atoms in total. The SMILES string of the molecule is CCOc1cc(/C=C2/SC(=S)N(NC(=O)C3CCCCC3)C2=O)ccc1OCCC(=O)O. The molecule has 1 aliphatic heterocycles. The van der Waals surface area contributed by atoms with E-state index in [0.717, 1.165) is 48.9 Å². The first-order chi connectivity index (χ1) is 15.4. The van der Waals surface area contributed by atoms with Gasteiger partial charge < -0.3 is 14.6 Å². The third-order valence-electron chi connectivity index (χ3n) is 5.13. The van der Waals surface area contributed by atoms with E-state index in [4.69, 9.17) is 26.8 Å². The predicted molar refractivity (Wildman–Crippen MR) is 125 cm³/mol. The lowest BCUT2D eigenvalue weighted by molar-refractivity contribution is -0.137. The molecule has 1 aliphatic carbocycles. The number of hydrogen-bond acceptors (Lipinski definition) is 7. The smallest absolute Gasteiger partial charge is 0.306 e. The van der Waals surface area contributed by atoms with Crippen molar-refractivity contribution in [3.05, 3.63) is 28.7 Å². The van der Waals surface area contributed by atoms with Gasteiger partial charge in [-0.25, -0.2) is 0 Å². The number of aliphatic carboxylic acids is 1. The summed E-state index contributed by atoms with van der Waals surface area (Å²) >= 11 is 6.43. The molecule has 10 heteroatoms. The van der Waals surface area contributed by atoms with Crippen LogP contribution >= 0.6 is 24.0 Å². The zero-order valence-corrected chi connectivity index (χ0v) is 19.4. The maximum absolute atomic E-state index is 12.8. The molecule has 0 radical (unpaired) electrons. The molecule has 3 rings (SSSR count). The summed E-state index contributed by atoms with van der Waals surface area (Å²) in [5, 5.41) is 9.92. The lowest BCUT2D eigenvalue weighted by atomic mass is 9.89. The maximum Gasteiger partial charge on any atom is 0.306 e. The average Bonchev–Trinajstić information content (AvgIpc) is 3.03. The van der Waals surface area contributed by atoms with Crippen LogP contribution in [0.3, 0.4) is 0 Å². The number of carbonyl (C=O) groups is 3. The zero-order valence-electron chi connectivity index (χ0n) is 17.8. The van der Waals surface area contributed by atoms with Crippen molar-refractivity contribution < 1.29 is 29.0 Å². The summed E-state index contributed by atoms with van der Waals surface area (Å²) in [7, 11) is 0. The minimum atomic E-state index is -0.947. The molecule has 2 N–H and O–H groups in total. The van der Waals surface area contributed by atoms with Gasteiger partial charge in [0, 0.05) is 5.92 Å². The van der Waals surface area contributed by atoms with Crippen LogP contribution in [0.5, 0.6) is 11.5 Å². The fourth-order valence-electron chi connectivity index (χ4n) is 3.53. The number of thioether (sulfide) groups is 1. The Hall–Kier alpha value is -2.59. The quantitative estimate of drug-likeness (QED) is 0.408. The normalized spacial score (nSPS) is 18.2. The van der Waals surface area contributed by atoms with Crippen LogP contribution in [0, 0.1) is 5.92 Å². The van der Waals surface area contributed by atoms with Gasteiger partial charge in [0.25, 0.3) is 5.91 Å². The van der Waals surface area contributed by atoms with E-state index in [-0.39, 0.29) is 35.1 Å². The first-order valence-electron chi connectivity index (χ1n) is 10.6. The van der Waals surface area contributed by atoms with Gasteiger partial charge in [-0.15, -0.1) is 0 Å². The van der Waals surface area contributed by atoms with Gasteiger partial charge in [-0.3, -0.25) is 19.8 Å². The van der Waals surface area contributed by atoms with Gasteiger partial charge in [-0.05, 0) is 55.8 Å². The first kappa shape index (κ1) is 24.1. The second-order valence-electron chi connectivity index (χ2n) is 7.46. The standard InChI is InChI=1S/C22H26N2O6S2/c1-2-29-17-12-14(8-9-16(17)30-11-10-19(25)26)13-18-21(28)24(22(31)32-18)23-20(27)15-6-4-3-5-7-15/h8-9,12-13,15H,2-7,10-11H2,1H3,(H,23,27)(H,25,26)/b18-13+. The molecule has 2 aliphatic rings. The number of nitrogens with zero attached hydrogens (tertiary/aromatic N) is 1. The van der Waals surface area contributed by atoms with Crippen LogP contribution in [0.25, 0.3) is 6.08 Å². The number of hydrazine groups is 1. The molecule has 32 heavy (non-hydrogen) atoms. The lowest BCUT2D eigenvalue weighted by Crippen LogP contribution is -2.47. The third kappa shape index (κ3) is 6.23. The summed E-state index contributed by atoms with van der Waals surface area (Å²) in [5.41, 5.74) is 3.38. The number of amides is 2. The summed E-state index contributed by atoms with van der Waals surface area (Å²) in [5.74, 6) is -0.685. The van der Waals surface area contributed by atoms with E-state index in [2.05, 4.69) is 5.43 Å². The molecule has 0 unspecified atom stereocenters. The number of benzene rings is 1. The lowest BCUT2D eigenvalue weighted by Gasteiger charge is -2.23. The monoisotopic (exact) mass is 478 g/mol. The fraction of sp³-hybridized carbons (Fsp3) is 0.455. The van der Waals surface area contributed by atoms with Crippen LogP contribution in [-0.2, 0) is 14.4 Å². The number of carboxylic acid groups (broad SMARTS) is 1. The molecule has 172 valence electrons. The molecule has 1 heterocycles. The topological polar surface area (TPSA) is 105 Å². The summed E-state index contributed by atoms with van der Waals surface area (Å²) in [6.07, 6.45) is 6.40. The van der Waals surface area contributed by atoms with Crippen LogP contribution in [-0.4, -0.2) is 45.4 Å². The van der Waals surface area contributed by atoms with E-state index in [9.17, 15) is 14.4 Å². The minimum absolute atomic E-state index is 0.0219. The highest BCUT2D eigenvalue weighted by molar-refractivity contribution is 8.26. The minimum Gasteiger partial charge on any atom is -0.490 e. The average molecular weight is 479 g/mol. The van der Waals surface area contributed by atoms with E-state index >= 15 is 0 Å². The predicted octanol–water partition coefficient (Wildman–Crippen LogP) is 3.75. The molecule has 0 atom stereocenters. The molecule has 1 aromatic carbocycles. The van der Waals surface area contributed by atoms with E-state index in [1.165, 1.54) is 0 Å². The maximum atomic E-state index is 12.8. The number of hydrogen-bond donors (Lipinski definition) is 2. The Bertz CT molecular complexity index is 927. The molecule has 0 aromatic heterocycles. The second-order valence-corrected chi connectivity index (χ2v) is 9.14. The Morgan fingerprint density at radius 3 is 2.69 bits per heavy atom. The van der Waals surface area contributed by atoms with Crippen molar-refractivity contribution in [1.82, 2.24) is 10.4 Å². The van der Waals surface area contributed by atoms with Crippen molar-refractivity contribution in [2.24, 2.45) is 5.92 Å². The molecule has 2 fully saturated rings. The van der Waals surface area contributed by atoms with Gasteiger partial charge in [0.2, 0.25) is 5.91 Å². The zero-order chi connectivity index (χ0) is 23.1. The summed E-state index contributed by atoms with van der Waals surface area (Å²) < 4.78 is 11.4. The van der Waals surface area contributed by atoms with Gasteiger partial charge in [0.05, 0.1) is 24.5 Å². The Balaban J connectivity index is 1.70. The number of nitrogens with one attached hydrogen (secondary N) is 1. The molecule has 1 saturated carbocycles. The number of thiocarbonyl (C=S) groups is 1. The number of ether oxygens (including phenoxy) is 2. The summed E-state index contributed by atoms with van der Waals surface area (Å²) in [6, 6.07) is 5.13. The first-order valence-corrected chi connectivity index (χ1v) is 11.8. The van der Waals surface area contributed by atoms with Crippen molar-refractivity contribution in [1.29, 1.82) is 0 Å². The van der Waals surface area contributed by atoms with E-state index < -0.39 is 5.97 Å². The molecule has 1 aromatic rings. The van der Waals surface area contributed by atoms with Gasteiger partial charge in [0.1, 0.15) is 0 Å². The van der Waals surface area contributed by atoms with Crippen LogP contribution in [0.4, 0.5) is 0 Å². The van der Waals surface area contributed by atoms with Crippen molar-refractivity contribution >= 4 is 52.2 Å². The van der Waals surface area contributed by atoms with Crippen LogP contribution in [0.2, 0.25) is 0 Å². The molecular weight excluding hydrogens is 452 g/mol. The van der Waals surface area contributed by atoms with E-state index in [1.807, 2.05) is 6.92 Å². The molecule has 0 bridgehead atoms. The molecular formula is C22H26N2O6S2. The highest BCUT2D eigenvalue weighted by Crippen LogP contribution is 2.34. The van der Waals surface area contributed by atoms with Gasteiger partial charge in [-0.2, -0.15) is 5.01 Å². The highest BCUT2D eigenvalue weighted by Gasteiger charge is 2.35. The van der Waals surface area contributed by atoms with E-state index in [1.54, 1.807) is 24.3 Å². The summed E-state index contributed by atoms with van der Waals surface area (Å²) in [4.78, 5) is 36.5. The van der Waals surface area contributed by atoms with Gasteiger partial charge in [-0.1, -0.05) is 37.1 Å². The molecule has 1 saturated heterocycles. The Labute approximate surface area is 196 Å². The van der Waals surface area contributed by atoms with Crippen molar-refractivity contribution in [2.75, 3.05) is 13.2 Å². The second kappa shape index (κ2) is 11.3. The fourth-order valence-corrected chi connectivity index (χ4v) is 4.71. The molecule has 0 spiro atoms. The van der Waals surface area contributed by atoms with Gasteiger partial charge >= 0.3 is 5.97 Å². The van der Waals surface area contributed by atoms with Crippen LogP contribution < -0.4 is 14.9 Å². The largest absolute Gasteiger partial charge is 0.490 e. The van der Waals surface area contributed by atoms with Crippen molar-refractivity contribution in [2.45, 2.75) is 45.4 Å². The Morgan fingerprint density at radius 2 is 2.00 bits per heavy atom.